The van der Waals surface area contributed by atoms with Gasteiger partial charge in [0.2, 0.25) is 0 Å². The number of hydrogen-bond acceptors (Lipinski definition) is 5. The van der Waals surface area contributed by atoms with Crippen molar-refractivity contribution in [2.24, 2.45) is 0 Å². The van der Waals surface area contributed by atoms with Gasteiger partial charge in [0.15, 0.2) is 0 Å². The number of hydrogen-bond donors (Lipinski definition) is 2. The predicted octanol–water partition coefficient (Wildman–Crippen LogP) is 2.96. The van der Waals surface area contributed by atoms with Crippen molar-refractivity contribution in [2.45, 2.75) is 32.8 Å². The number of para-hydroxylation sites is 1. The highest BCUT2D eigenvalue weighted by Gasteiger charge is 2.15. The zero-order chi connectivity index (χ0) is 16.0. The molecule has 1 aromatic heterocycles. The Labute approximate surface area is 130 Å². The number of alkyl carbamates (subject to hydrolysis) is 1. The Bertz CT molecular complexity index is 632. The third-order valence-electron chi connectivity index (χ3n) is 2.86. The van der Waals surface area contributed by atoms with Crippen molar-refractivity contribution < 1.29 is 9.53 Å². The van der Waals surface area contributed by atoms with Gasteiger partial charge in [-0.05, 0) is 39.3 Å². The van der Waals surface area contributed by atoms with Crippen molar-refractivity contribution in [1.29, 1.82) is 0 Å². The predicted molar refractivity (Wildman–Crippen MR) is 86.9 cm³/mol. The van der Waals surface area contributed by atoms with Crippen molar-refractivity contribution >= 4 is 22.8 Å². The summed E-state index contributed by atoms with van der Waals surface area (Å²) in [6, 6.07) is 7.84. The van der Waals surface area contributed by atoms with E-state index in [1.165, 1.54) is 0 Å². The zero-order valence-corrected chi connectivity index (χ0v) is 13.2. The van der Waals surface area contributed by atoms with Gasteiger partial charge in [0.1, 0.15) is 17.7 Å². The van der Waals surface area contributed by atoms with Crippen LogP contribution in [0.5, 0.6) is 0 Å². The van der Waals surface area contributed by atoms with Crippen LogP contribution in [0.3, 0.4) is 0 Å². The smallest absolute Gasteiger partial charge is 0.407 e. The van der Waals surface area contributed by atoms with Crippen LogP contribution in [0.25, 0.3) is 10.9 Å². The highest BCUT2D eigenvalue weighted by atomic mass is 16.6. The summed E-state index contributed by atoms with van der Waals surface area (Å²) in [5, 5.41) is 6.99. The lowest BCUT2D eigenvalue weighted by Crippen LogP contribution is -2.33. The van der Waals surface area contributed by atoms with Crippen molar-refractivity contribution in [1.82, 2.24) is 15.3 Å². The molecule has 0 spiro atoms. The van der Waals surface area contributed by atoms with Gasteiger partial charge in [0.05, 0.1) is 5.52 Å². The van der Waals surface area contributed by atoms with Crippen LogP contribution in [0.4, 0.5) is 10.6 Å². The monoisotopic (exact) mass is 302 g/mol. The number of ether oxygens (including phenoxy) is 1. The largest absolute Gasteiger partial charge is 0.444 e. The second-order valence-electron chi connectivity index (χ2n) is 5.95. The quantitative estimate of drug-likeness (QED) is 0.830. The van der Waals surface area contributed by atoms with Crippen LogP contribution >= 0.6 is 0 Å². The number of fused-ring (bicyclic) bond motifs is 1. The first-order valence-corrected chi connectivity index (χ1v) is 7.36. The summed E-state index contributed by atoms with van der Waals surface area (Å²) < 4.78 is 5.17. The van der Waals surface area contributed by atoms with Gasteiger partial charge in [0.25, 0.3) is 0 Å². The molecule has 0 unspecified atom stereocenters. The molecule has 6 heteroatoms. The number of benzene rings is 1. The molecular formula is C16H22N4O2. The fraction of sp³-hybridized carbons (Fsp3) is 0.438. The van der Waals surface area contributed by atoms with Crippen LogP contribution in [0, 0.1) is 0 Å². The minimum absolute atomic E-state index is 0.389. The number of anilines is 1. The summed E-state index contributed by atoms with van der Waals surface area (Å²) in [5.41, 5.74) is 0.439. The lowest BCUT2D eigenvalue weighted by molar-refractivity contribution is 0.0528. The Balaban J connectivity index is 1.76. The summed E-state index contributed by atoms with van der Waals surface area (Å²) in [6.45, 7) is 6.78. The Hall–Kier alpha value is -2.37. The van der Waals surface area contributed by atoms with E-state index in [0.29, 0.717) is 13.1 Å². The molecule has 2 rings (SSSR count). The summed E-state index contributed by atoms with van der Waals surface area (Å²) in [6.07, 6.45) is 1.93. The number of aromatic nitrogens is 2. The minimum atomic E-state index is -0.470. The molecule has 22 heavy (non-hydrogen) atoms. The van der Waals surface area contributed by atoms with E-state index in [2.05, 4.69) is 20.6 Å². The maximum atomic E-state index is 11.5. The normalized spacial score (nSPS) is 11.2. The summed E-state index contributed by atoms with van der Waals surface area (Å²) in [4.78, 5) is 20.0. The van der Waals surface area contributed by atoms with E-state index in [0.717, 1.165) is 23.1 Å². The van der Waals surface area contributed by atoms with Gasteiger partial charge < -0.3 is 15.4 Å². The first-order chi connectivity index (χ1) is 10.5. The summed E-state index contributed by atoms with van der Waals surface area (Å²) >= 11 is 0. The molecule has 1 heterocycles. The first-order valence-electron chi connectivity index (χ1n) is 7.36. The molecule has 0 saturated heterocycles. The first kappa shape index (κ1) is 16.0. The van der Waals surface area contributed by atoms with Crippen molar-refractivity contribution in [3.05, 3.63) is 30.6 Å². The fourth-order valence-corrected chi connectivity index (χ4v) is 1.95. The second-order valence-corrected chi connectivity index (χ2v) is 5.95. The SMILES string of the molecule is CC(C)(C)OC(=O)NCCCNc1ncnc2ccccc12. The third kappa shape index (κ3) is 4.87. The molecule has 1 amide bonds. The molecule has 0 radical (unpaired) electrons. The molecule has 1 aromatic carbocycles. The van der Waals surface area contributed by atoms with Gasteiger partial charge in [-0.2, -0.15) is 0 Å². The fourth-order valence-electron chi connectivity index (χ4n) is 1.95. The highest BCUT2D eigenvalue weighted by Crippen LogP contribution is 2.17. The Kier molecular flexibility index (Phi) is 5.14. The summed E-state index contributed by atoms with van der Waals surface area (Å²) in [5.74, 6) is 0.808. The van der Waals surface area contributed by atoms with E-state index in [1.807, 2.05) is 45.0 Å². The standard InChI is InChI=1S/C16H22N4O2/c1-16(2,3)22-15(21)18-10-6-9-17-14-12-7-4-5-8-13(12)19-11-20-14/h4-5,7-8,11H,6,9-10H2,1-3H3,(H,18,21)(H,17,19,20). The topological polar surface area (TPSA) is 76.1 Å². The van der Waals surface area contributed by atoms with Gasteiger partial charge in [-0.1, -0.05) is 12.1 Å². The van der Waals surface area contributed by atoms with E-state index < -0.39 is 5.60 Å². The second kappa shape index (κ2) is 7.06. The molecule has 118 valence electrons. The minimum Gasteiger partial charge on any atom is -0.444 e. The number of amides is 1. The number of nitrogens with one attached hydrogen (secondary N) is 2. The van der Waals surface area contributed by atoms with Crippen LogP contribution in [0.2, 0.25) is 0 Å². The van der Waals surface area contributed by atoms with E-state index in [9.17, 15) is 4.79 Å². The lowest BCUT2D eigenvalue weighted by Gasteiger charge is -2.19. The average Bonchev–Trinajstić information content (AvgIpc) is 2.45. The van der Waals surface area contributed by atoms with Crippen LogP contribution in [0.1, 0.15) is 27.2 Å². The Morgan fingerprint density at radius 3 is 2.73 bits per heavy atom. The number of carbonyl (C=O) groups is 1. The highest BCUT2D eigenvalue weighted by molar-refractivity contribution is 5.88. The number of rotatable bonds is 5. The van der Waals surface area contributed by atoms with Gasteiger partial charge >= 0.3 is 6.09 Å². The molecular weight excluding hydrogens is 280 g/mol. The zero-order valence-electron chi connectivity index (χ0n) is 13.2. The molecule has 2 aromatic rings. The van der Waals surface area contributed by atoms with Crippen LogP contribution in [-0.2, 0) is 4.74 Å². The van der Waals surface area contributed by atoms with E-state index in [4.69, 9.17) is 4.74 Å². The van der Waals surface area contributed by atoms with Crippen LogP contribution in [-0.4, -0.2) is 34.8 Å². The Morgan fingerprint density at radius 1 is 1.18 bits per heavy atom. The maximum absolute atomic E-state index is 11.5. The molecule has 0 atom stereocenters. The van der Waals surface area contributed by atoms with Gasteiger partial charge in [-0.15, -0.1) is 0 Å². The van der Waals surface area contributed by atoms with Crippen molar-refractivity contribution in [3.63, 3.8) is 0 Å². The van der Waals surface area contributed by atoms with E-state index in [1.54, 1.807) is 6.33 Å². The number of nitrogens with zero attached hydrogens (tertiary/aromatic N) is 2. The molecule has 0 aliphatic heterocycles. The van der Waals surface area contributed by atoms with Crippen molar-refractivity contribution in [3.8, 4) is 0 Å². The molecule has 0 aliphatic rings. The third-order valence-corrected chi connectivity index (χ3v) is 2.86. The van der Waals surface area contributed by atoms with E-state index in [-0.39, 0.29) is 6.09 Å². The van der Waals surface area contributed by atoms with Gasteiger partial charge in [-0.3, -0.25) is 0 Å². The number of carbonyl (C=O) groups excluding carboxylic acids is 1. The molecule has 0 saturated carbocycles. The molecule has 0 fully saturated rings. The Morgan fingerprint density at radius 2 is 1.95 bits per heavy atom. The molecule has 0 bridgehead atoms. The van der Waals surface area contributed by atoms with Gasteiger partial charge in [0, 0.05) is 18.5 Å². The van der Waals surface area contributed by atoms with E-state index >= 15 is 0 Å². The van der Waals surface area contributed by atoms with Crippen LogP contribution < -0.4 is 10.6 Å². The maximum Gasteiger partial charge on any atom is 0.407 e. The summed E-state index contributed by atoms with van der Waals surface area (Å²) in [7, 11) is 0. The molecule has 2 N–H and O–H groups in total. The van der Waals surface area contributed by atoms with Gasteiger partial charge in [-0.25, -0.2) is 14.8 Å². The van der Waals surface area contributed by atoms with Crippen LogP contribution in [0.15, 0.2) is 30.6 Å². The average molecular weight is 302 g/mol. The van der Waals surface area contributed by atoms with Crippen molar-refractivity contribution in [2.75, 3.05) is 18.4 Å². The molecule has 6 nitrogen and oxygen atoms in total. The lowest BCUT2D eigenvalue weighted by atomic mass is 10.2. The molecule has 0 aliphatic carbocycles.